The van der Waals surface area contributed by atoms with E-state index in [9.17, 15) is 4.79 Å². The third-order valence-electron chi connectivity index (χ3n) is 2.93. The van der Waals surface area contributed by atoms with Gasteiger partial charge in [-0.1, -0.05) is 13.8 Å². The molecule has 82 valence electrons. The predicted octanol–water partition coefficient (Wildman–Crippen LogP) is 1.58. The number of fused-ring (bicyclic) bond motifs is 1. The molecule has 1 aliphatic carbocycles. The van der Waals surface area contributed by atoms with E-state index in [4.69, 9.17) is 5.73 Å². The van der Waals surface area contributed by atoms with Gasteiger partial charge in [0.05, 0.1) is 5.69 Å². The number of nitrogens with zero attached hydrogens (tertiary/aromatic N) is 1. The summed E-state index contributed by atoms with van der Waals surface area (Å²) >= 11 is 0. The maximum atomic E-state index is 11.9. The van der Waals surface area contributed by atoms with E-state index in [0.29, 0.717) is 11.6 Å². The normalized spacial score (nSPS) is 14.6. The zero-order chi connectivity index (χ0) is 11.0. The fourth-order valence-corrected chi connectivity index (χ4v) is 2.30. The standard InChI is InChI=1S/C12H18N2O/c1-8(2)7-14-11-5-3-4-9(11)6-10(13)12(14)15/h6,8H,3-5,7,13H2,1-2H3. The molecule has 0 unspecified atom stereocenters. The average molecular weight is 206 g/mol. The van der Waals surface area contributed by atoms with Crippen LogP contribution in [0, 0.1) is 5.92 Å². The molecular formula is C12H18N2O. The van der Waals surface area contributed by atoms with Crippen LogP contribution >= 0.6 is 0 Å². The van der Waals surface area contributed by atoms with Crippen molar-refractivity contribution in [3.8, 4) is 0 Å². The van der Waals surface area contributed by atoms with Crippen molar-refractivity contribution in [3.63, 3.8) is 0 Å². The van der Waals surface area contributed by atoms with Gasteiger partial charge in [-0.15, -0.1) is 0 Å². The minimum Gasteiger partial charge on any atom is -0.394 e. The molecule has 3 heteroatoms. The summed E-state index contributed by atoms with van der Waals surface area (Å²) in [5, 5.41) is 0. The third-order valence-corrected chi connectivity index (χ3v) is 2.93. The first-order chi connectivity index (χ1) is 7.09. The quantitative estimate of drug-likeness (QED) is 0.798. The van der Waals surface area contributed by atoms with Gasteiger partial charge in [-0.3, -0.25) is 4.79 Å². The van der Waals surface area contributed by atoms with Crippen molar-refractivity contribution in [2.75, 3.05) is 5.73 Å². The minimum absolute atomic E-state index is 0.00986. The highest BCUT2D eigenvalue weighted by atomic mass is 16.1. The van der Waals surface area contributed by atoms with E-state index >= 15 is 0 Å². The molecule has 2 N–H and O–H groups in total. The van der Waals surface area contributed by atoms with Gasteiger partial charge in [0.2, 0.25) is 0 Å². The van der Waals surface area contributed by atoms with E-state index in [-0.39, 0.29) is 5.56 Å². The van der Waals surface area contributed by atoms with E-state index in [1.165, 1.54) is 11.3 Å². The fraction of sp³-hybridized carbons (Fsp3) is 0.583. The Morgan fingerprint density at radius 3 is 2.87 bits per heavy atom. The number of pyridine rings is 1. The van der Waals surface area contributed by atoms with Crippen LogP contribution < -0.4 is 11.3 Å². The number of aryl methyl sites for hydroxylation is 1. The first kappa shape index (κ1) is 10.3. The lowest BCUT2D eigenvalue weighted by Crippen LogP contribution is -2.27. The minimum atomic E-state index is -0.00986. The average Bonchev–Trinajstić information content (AvgIpc) is 2.59. The summed E-state index contributed by atoms with van der Waals surface area (Å²) in [4.78, 5) is 11.9. The van der Waals surface area contributed by atoms with Crippen LogP contribution in [0.1, 0.15) is 31.5 Å². The molecule has 0 saturated heterocycles. The Kier molecular flexibility index (Phi) is 2.55. The van der Waals surface area contributed by atoms with E-state index in [1.54, 1.807) is 0 Å². The van der Waals surface area contributed by atoms with Crippen molar-refractivity contribution in [2.45, 2.75) is 39.7 Å². The third kappa shape index (κ3) is 1.78. The van der Waals surface area contributed by atoms with Crippen molar-refractivity contribution in [1.29, 1.82) is 0 Å². The number of rotatable bonds is 2. The zero-order valence-corrected chi connectivity index (χ0v) is 9.42. The fourth-order valence-electron chi connectivity index (χ4n) is 2.30. The van der Waals surface area contributed by atoms with Crippen LogP contribution in [-0.2, 0) is 19.4 Å². The topological polar surface area (TPSA) is 48.0 Å². The summed E-state index contributed by atoms with van der Waals surface area (Å²) < 4.78 is 1.88. The first-order valence-electron chi connectivity index (χ1n) is 5.60. The smallest absolute Gasteiger partial charge is 0.273 e. The molecule has 1 aliphatic rings. The highest BCUT2D eigenvalue weighted by Crippen LogP contribution is 2.22. The number of nitrogen functional groups attached to an aromatic ring is 1. The van der Waals surface area contributed by atoms with Crippen LogP contribution in [0.4, 0.5) is 5.69 Å². The second-order valence-electron chi connectivity index (χ2n) is 4.73. The molecule has 3 nitrogen and oxygen atoms in total. The van der Waals surface area contributed by atoms with Crippen LogP contribution in [-0.4, -0.2) is 4.57 Å². The SMILES string of the molecule is CC(C)Cn1c2c(cc(N)c1=O)CCC2. The Balaban J connectivity index is 2.55. The van der Waals surface area contributed by atoms with E-state index < -0.39 is 0 Å². The molecule has 0 amide bonds. The molecule has 0 atom stereocenters. The van der Waals surface area contributed by atoms with Gasteiger partial charge in [-0.2, -0.15) is 0 Å². The van der Waals surface area contributed by atoms with Crippen LogP contribution in [0.25, 0.3) is 0 Å². The van der Waals surface area contributed by atoms with E-state index in [2.05, 4.69) is 13.8 Å². The molecule has 1 aromatic rings. The van der Waals surface area contributed by atoms with Crippen LogP contribution in [0.15, 0.2) is 10.9 Å². The molecule has 0 aliphatic heterocycles. The predicted molar refractivity (Wildman–Crippen MR) is 62.0 cm³/mol. The number of aromatic nitrogens is 1. The Hall–Kier alpha value is -1.25. The lowest BCUT2D eigenvalue weighted by atomic mass is 10.1. The summed E-state index contributed by atoms with van der Waals surface area (Å²) in [6, 6.07) is 1.86. The van der Waals surface area contributed by atoms with Crippen molar-refractivity contribution in [2.24, 2.45) is 5.92 Å². The molecule has 0 aromatic carbocycles. The molecule has 0 fully saturated rings. The van der Waals surface area contributed by atoms with Crippen LogP contribution in [0.5, 0.6) is 0 Å². The number of hydrogen-bond donors (Lipinski definition) is 1. The Morgan fingerprint density at radius 1 is 1.47 bits per heavy atom. The second kappa shape index (κ2) is 3.72. The first-order valence-corrected chi connectivity index (χ1v) is 5.60. The summed E-state index contributed by atoms with van der Waals surface area (Å²) in [7, 11) is 0. The van der Waals surface area contributed by atoms with Crippen LogP contribution in [0.2, 0.25) is 0 Å². The van der Waals surface area contributed by atoms with Gasteiger partial charge >= 0.3 is 0 Å². The maximum Gasteiger partial charge on any atom is 0.273 e. The Bertz CT molecular complexity index is 432. The van der Waals surface area contributed by atoms with Gasteiger partial charge in [0, 0.05) is 12.2 Å². The molecule has 0 radical (unpaired) electrons. The molecule has 2 rings (SSSR count). The van der Waals surface area contributed by atoms with Gasteiger partial charge in [0.15, 0.2) is 0 Å². The molecular weight excluding hydrogens is 188 g/mol. The molecule has 1 aromatic heterocycles. The molecule has 1 heterocycles. The summed E-state index contributed by atoms with van der Waals surface area (Å²) in [6.45, 7) is 5.03. The Morgan fingerprint density at radius 2 is 2.20 bits per heavy atom. The molecule has 0 bridgehead atoms. The molecule has 0 spiro atoms. The number of anilines is 1. The summed E-state index contributed by atoms with van der Waals surface area (Å²) in [5.41, 5.74) is 8.61. The number of nitrogens with two attached hydrogens (primary N) is 1. The van der Waals surface area contributed by atoms with Crippen molar-refractivity contribution in [3.05, 3.63) is 27.7 Å². The monoisotopic (exact) mass is 206 g/mol. The van der Waals surface area contributed by atoms with Crippen LogP contribution in [0.3, 0.4) is 0 Å². The molecule has 0 saturated carbocycles. The zero-order valence-electron chi connectivity index (χ0n) is 9.42. The molecule has 15 heavy (non-hydrogen) atoms. The largest absolute Gasteiger partial charge is 0.394 e. The second-order valence-corrected chi connectivity index (χ2v) is 4.73. The van der Waals surface area contributed by atoms with Crippen molar-refractivity contribution >= 4 is 5.69 Å². The van der Waals surface area contributed by atoms with E-state index in [0.717, 1.165) is 25.8 Å². The number of hydrogen-bond acceptors (Lipinski definition) is 2. The van der Waals surface area contributed by atoms with Gasteiger partial charge in [0.1, 0.15) is 0 Å². The highest BCUT2D eigenvalue weighted by molar-refractivity contribution is 5.42. The lowest BCUT2D eigenvalue weighted by Gasteiger charge is -2.15. The maximum absolute atomic E-state index is 11.9. The van der Waals surface area contributed by atoms with Gasteiger partial charge in [0.25, 0.3) is 5.56 Å². The van der Waals surface area contributed by atoms with E-state index in [1.807, 2.05) is 10.6 Å². The lowest BCUT2D eigenvalue weighted by molar-refractivity contribution is 0.498. The van der Waals surface area contributed by atoms with Gasteiger partial charge in [-0.25, -0.2) is 0 Å². The summed E-state index contributed by atoms with van der Waals surface area (Å²) in [5.74, 6) is 0.481. The van der Waals surface area contributed by atoms with Gasteiger partial charge < -0.3 is 10.3 Å². The van der Waals surface area contributed by atoms with Crippen molar-refractivity contribution in [1.82, 2.24) is 4.57 Å². The summed E-state index contributed by atoms with van der Waals surface area (Å²) in [6.07, 6.45) is 3.24. The highest BCUT2D eigenvalue weighted by Gasteiger charge is 2.18. The van der Waals surface area contributed by atoms with Crippen molar-refractivity contribution < 1.29 is 0 Å². The van der Waals surface area contributed by atoms with Gasteiger partial charge in [-0.05, 0) is 36.8 Å². The Labute approximate surface area is 89.9 Å².